The molecule has 0 aliphatic rings. The second-order valence-electron chi connectivity index (χ2n) is 4.97. The summed E-state index contributed by atoms with van der Waals surface area (Å²) in [6, 6.07) is 6.18. The molecule has 0 fully saturated rings. The van der Waals surface area contributed by atoms with Crippen LogP contribution in [0.3, 0.4) is 0 Å². The molecule has 1 N–H and O–H groups in total. The molecule has 0 aliphatic heterocycles. The summed E-state index contributed by atoms with van der Waals surface area (Å²) in [5, 5.41) is 3.15. The van der Waals surface area contributed by atoms with Crippen LogP contribution in [0.5, 0.6) is 11.5 Å². The van der Waals surface area contributed by atoms with Crippen LogP contribution < -0.4 is 14.8 Å². The second kappa shape index (κ2) is 7.27. The summed E-state index contributed by atoms with van der Waals surface area (Å²) in [5.74, 6) is 1.67. The molecular weight excluding hydrogens is 226 g/mol. The van der Waals surface area contributed by atoms with Gasteiger partial charge in [0.25, 0.3) is 0 Å². The van der Waals surface area contributed by atoms with Crippen LogP contribution in [0.15, 0.2) is 18.2 Å². The van der Waals surface area contributed by atoms with Crippen molar-refractivity contribution in [1.82, 2.24) is 5.32 Å². The van der Waals surface area contributed by atoms with Crippen molar-refractivity contribution in [2.45, 2.75) is 46.3 Å². The lowest BCUT2D eigenvalue weighted by Gasteiger charge is -2.18. The van der Waals surface area contributed by atoms with E-state index in [9.17, 15) is 0 Å². The number of rotatable bonds is 7. The van der Waals surface area contributed by atoms with Crippen LogP contribution in [0.25, 0.3) is 0 Å². The molecule has 0 atom stereocenters. The smallest absolute Gasteiger partial charge is 0.161 e. The Balaban J connectivity index is 2.88. The highest BCUT2D eigenvalue weighted by molar-refractivity contribution is 5.43. The maximum Gasteiger partial charge on any atom is 0.161 e. The van der Waals surface area contributed by atoms with E-state index in [1.54, 1.807) is 0 Å². The first-order valence-corrected chi connectivity index (χ1v) is 6.63. The third kappa shape index (κ3) is 4.96. The van der Waals surface area contributed by atoms with E-state index >= 15 is 0 Å². The molecule has 0 aliphatic carbocycles. The zero-order valence-corrected chi connectivity index (χ0v) is 12.1. The summed E-state index contributed by atoms with van der Waals surface area (Å²) in [5.41, 5.74) is 1.26. The predicted octanol–water partition coefficient (Wildman–Crippen LogP) is 3.02. The third-order valence-corrected chi connectivity index (χ3v) is 2.40. The summed E-state index contributed by atoms with van der Waals surface area (Å²) in [6.45, 7) is 9.06. The Morgan fingerprint density at radius 3 is 2.17 bits per heavy atom. The Morgan fingerprint density at radius 1 is 1.00 bits per heavy atom. The van der Waals surface area contributed by atoms with Gasteiger partial charge in [-0.15, -0.1) is 0 Å². The highest BCUT2D eigenvalue weighted by atomic mass is 16.5. The lowest BCUT2D eigenvalue weighted by Crippen LogP contribution is -2.12. The summed E-state index contributed by atoms with van der Waals surface area (Å²) < 4.78 is 11.6. The fourth-order valence-electron chi connectivity index (χ4n) is 1.67. The molecule has 0 aromatic heterocycles. The van der Waals surface area contributed by atoms with Crippen molar-refractivity contribution >= 4 is 0 Å². The molecular formula is C15H25NO2. The molecule has 102 valence electrons. The number of nitrogens with one attached hydrogen (secondary N) is 1. The summed E-state index contributed by atoms with van der Waals surface area (Å²) in [6.07, 6.45) is 1.30. The van der Waals surface area contributed by atoms with Crippen molar-refractivity contribution in [2.24, 2.45) is 0 Å². The van der Waals surface area contributed by atoms with Gasteiger partial charge >= 0.3 is 0 Å². The van der Waals surface area contributed by atoms with E-state index in [0.29, 0.717) is 0 Å². The van der Waals surface area contributed by atoms with Crippen LogP contribution in [0.1, 0.15) is 33.3 Å². The van der Waals surface area contributed by atoms with Crippen molar-refractivity contribution < 1.29 is 9.47 Å². The largest absolute Gasteiger partial charge is 0.487 e. The second-order valence-corrected chi connectivity index (χ2v) is 4.97. The van der Waals surface area contributed by atoms with Crippen molar-refractivity contribution in [2.75, 3.05) is 13.6 Å². The van der Waals surface area contributed by atoms with E-state index in [0.717, 1.165) is 24.5 Å². The Bertz CT molecular complexity index is 362. The van der Waals surface area contributed by atoms with Gasteiger partial charge in [-0.2, -0.15) is 0 Å². The number of likely N-dealkylation sites (N-methyl/N-ethyl adjacent to an activating group) is 1. The molecule has 0 unspecified atom stereocenters. The lowest BCUT2D eigenvalue weighted by atomic mass is 10.1. The van der Waals surface area contributed by atoms with Crippen LogP contribution in [0, 0.1) is 0 Å². The number of hydrogen-bond donors (Lipinski definition) is 1. The van der Waals surface area contributed by atoms with Crippen molar-refractivity contribution in [3.8, 4) is 11.5 Å². The normalized spacial score (nSPS) is 11.1. The zero-order chi connectivity index (χ0) is 13.5. The van der Waals surface area contributed by atoms with Gasteiger partial charge in [-0.25, -0.2) is 0 Å². The van der Waals surface area contributed by atoms with Gasteiger partial charge in [-0.1, -0.05) is 6.07 Å². The molecule has 0 saturated carbocycles. The van der Waals surface area contributed by atoms with Crippen molar-refractivity contribution in [1.29, 1.82) is 0 Å². The van der Waals surface area contributed by atoms with E-state index in [1.165, 1.54) is 5.56 Å². The zero-order valence-electron chi connectivity index (χ0n) is 12.1. The fourth-order valence-corrected chi connectivity index (χ4v) is 1.67. The first-order chi connectivity index (χ1) is 8.52. The Labute approximate surface area is 110 Å². The molecule has 18 heavy (non-hydrogen) atoms. The quantitative estimate of drug-likeness (QED) is 0.808. The molecule has 1 aromatic carbocycles. The maximum absolute atomic E-state index is 5.82. The molecule has 0 amide bonds. The van der Waals surface area contributed by atoms with Crippen LogP contribution in [-0.2, 0) is 6.42 Å². The van der Waals surface area contributed by atoms with E-state index in [2.05, 4.69) is 17.4 Å². The van der Waals surface area contributed by atoms with Gasteiger partial charge in [-0.05, 0) is 65.4 Å². The predicted molar refractivity (Wildman–Crippen MR) is 75.6 cm³/mol. The molecule has 0 spiro atoms. The first kappa shape index (κ1) is 14.8. The number of benzene rings is 1. The fraction of sp³-hybridized carbons (Fsp3) is 0.600. The Hall–Kier alpha value is -1.22. The van der Waals surface area contributed by atoms with Crippen LogP contribution in [-0.4, -0.2) is 25.8 Å². The summed E-state index contributed by atoms with van der Waals surface area (Å²) in [7, 11) is 1.96. The topological polar surface area (TPSA) is 30.5 Å². The Kier molecular flexibility index (Phi) is 5.99. The first-order valence-electron chi connectivity index (χ1n) is 6.63. The van der Waals surface area contributed by atoms with Gasteiger partial charge in [0.05, 0.1) is 12.2 Å². The molecule has 0 heterocycles. The maximum atomic E-state index is 5.82. The van der Waals surface area contributed by atoms with Gasteiger partial charge in [0.1, 0.15) is 0 Å². The lowest BCUT2D eigenvalue weighted by molar-refractivity contribution is 0.198. The minimum absolute atomic E-state index is 0.152. The van der Waals surface area contributed by atoms with E-state index in [-0.39, 0.29) is 12.2 Å². The van der Waals surface area contributed by atoms with Gasteiger partial charge in [0, 0.05) is 0 Å². The average molecular weight is 251 g/mol. The van der Waals surface area contributed by atoms with Crippen LogP contribution >= 0.6 is 0 Å². The van der Waals surface area contributed by atoms with E-state index in [1.807, 2.05) is 40.8 Å². The molecule has 3 heteroatoms. The van der Waals surface area contributed by atoms with Crippen molar-refractivity contribution in [3.05, 3.63) is 23.8 Å². The van der Waals surface area contributed by atoms with E-state index in [4.69, 9.17) is 9.47 Å². The standard InChI is InChI=1S/C15H25NO2/c1-11(2)17-14-7-6-13(8-9-16-5)10-15(14)18-12(3)4/h6-7,10-12,16H,8-9H2,1-5H3. The molecule has 1 aromatic rings. The van der Waals surface area contributed by atoms with Gasteiger partial charge < -0.3 is 14.8 Å². The average Bonchev–Trinajstić information content (AvgIpc) is 2.28. The minimum Gasteiger partial charge on any atom is -0.487 e. The van der Waals surface area contributed by atoms with Gasteiger partial charge in [-0.3, -0.25) is 0 Å². The molecule has 1 rings (SSSR count). The van der Waals surface area contributed by atoms with E-state index < -0.39 is 0 Å². The monoisotopic (exact) mass is 251 g/mol. The third-order valence-electron chi connectivity index (χ3n) is 2.40. The van der Waals surface area contributed by atoms with Crippen LogP contribution in [0.4, 0.5) is 0 Å². The number of ether oxygens (including phenoxy) is 2. The van der Waals surface area contributed by atoms with Crippen molar-refractivity contribution in [3.63, 3.8) is 0 Å². The van der Waals surface area contributed by atoms with Gasteiger partial charge in [0.2, 0.25) is 0 Å². The minimum atomic E-state index is 0.152. The molecule has 0 radical (unpaired) electrons. The highest BCUT2D eigenvalue weighted by Crippen LogP contribution is 2.30. The van der Waals surface area contributed by atoms with Gasteiger partial charge in [0.15, 0.2) is 11.5 Å². The SMILES string of the molecule is CNCCc1ccc(OC(C)C)c(OC(C)C)c1. The number of hydrogen-bond acceptors (Lipinski definition) is 3. The molecule has 0 saturated heterocycles. The summed E-state index contributed by atoms with van der Waals surface area (Å²) >= 11 is 0. The summed E-state index contributed by atoms with van der Waals surface area (Å²) in [4.78, 5) is 0. The molecule has 3 nitrogen and oxygen atoms in total. The highest BCUT2D eigenvalue weighted by Gasteiger charge is 2.09. The molecule has 0 bridgehead atoms. The Morgan fingerprint density at radius 2 is 1.61 bits per heavy atom. The van der Waals surface area contributed by atoms with Crippen LogP contribution in [0.2, 0.25) is 0 Å².